The molecule has 0 heterocycles. The Bertz CT molecular complexity index is 409. The van der Waals surface area contributed by atoms with Crippen molar-refractivity contribution in [2.75, 3.05) is 13.2 Å². The van der Waals surface area contributed by atoms with Crippen molar-refractivity contribution in [2.45, 2.75) is 150 Å². The zero-order valence-electron chi connectivity index (χ0n) is 22.6. The number of carbonyl (C=O) groups is 2. The zero-order chi connectivity index (χ0) is 24.6. The molecule has 0 aromatic rings. The number of unbranched alkanes of at least 4 members (excludes halogenated alkanes) is 12. The smallest absolute Gasteiger partial charge is 0.305 e. The van der Waals surface area contributed by atoms with Gasteiger partial charge in [-0.05, 0) is 31.1 Å². The third kappa shape index (κ3) is 21.2. The fourth-order valence-corrected chi connectivity index (χ4v) is 4.20. The molecule has 0 amide bonds. The van der Waals surface area contributed by atoms with Crippen LogP contribution in [0.4, 0.5) is 0 Å². The van der Waals surface area contributed by atoms with E-state index in [0.717, 1.165) is 44.9 Å². The molecule has 0 saturated carbocycles. The van der Waals surface area contributed by atoms with Crippen LogP contribution in [0.25, 0.3) is 0 Å². The fraction of sp³-hybridized carbons (Fsp3) is 0.931. The maximum Gasteiger partial charge on any atom is 0.305 e. The van der Waals surface area contributed by atoms with Crippen molar-refractivity contribution in [3.63, 3.8) is 0 Å². The molecule has 2 unspecified atom stereocenters. The molecule has 0 aliphatic heterocycles. The van der Waals surface area contributed by atoms with E-state index in [1.165, 1.54) is 64.2 Å². The Balaban J connectivity index is 3.91. The molecule has 4 heteroatoms. The molecule has 33 heavy (non-hydrogen) atoms. The summed E-state index contributed by atoms with van der Waals surface area (Å²) >= 11 is 0. The molecule has 0 fully saturated rings. The van der Waals surface area contributed by atoms with Crippen molar-refractivity contribution in [1.82, 2.24) is 0 Å². The number of ether oxygens (including phenoxy) is 2. The summed E-state index contributed by atoms with van der Waals surface area (Å²) in [5, 5.41) is 0. The van der Waals surface area contributed by atoms with Gasteiger partial charge in [0.05, 0.1) is 13.2 Å². The van der Waals surface area contributed by atoms with Crippen LogP contribution in [0.15, 0.2) is 0 Å². The Morgan fingerprint density at radius 1 is 0.515 bits per heavy atom. The third-order valence-corrected chi connectivity index (χ3v) is 6.75. The minimum Gasteiger partial charge on any atom is -0.465 e. The van der Waals surface area contributed by atoms with Gasteiger partial charge in [0, 0.05) is 12.8 Å². The number of hydrogen-bond acceptors (Lipinski definition) is 4. The summed E-state index contributed by atoms with van der Waals surface area (Å²) in [5.74, 6) is 0.567. The van der Waals surface area contributed by atoms with Crippen molar-refractivity contribution in [1.29, 1.82) is 0 Å². The first kappa shape index (κ1) is 31.9. The van der Waals surface area contributed by atoms with Gasteiger partial charge in [0.25, 0.3) is 0 Å². The molecule has 0 aromatic carbocycles. The number of esters is 2. The van der Waals surface area contributed by atoms with E-state index in [1.807, 2.05) is 0 Å². The second-order valence-electron chi connectivity index (χ2n) is 9.89. The summed E-state index contributed by atoms with van der Waals surface area (Å²) in [6.07, 6.45) is 20.9. The minimum absolute atomic E-state index is 0.0591. The summed E-state index contributed by atoms with van der Waals surface area (Å²) in [6, 6.07) is 0. The quantitative estimate of drug-likeness (QED) is 0.105. The van der Waals surface area contributed by atoms with Gasteiger partial charge in [-0.1, -0.05) is 118 Å². The fourth-order valence-electron chi connectivity index (χ4n) is 4.20. The molecule has 0 spiro atoms. The Morgan fingerprint density at radius 2 is 0.848 bits per heavy atom. The Kier molecular flexibility index (Phi) is 23.3. The minimum atomic E-state index is -0.0591. The van der Waals surface area contributed by atoms with Crippen LogP contribution in [0.2, 0.25) is 0 Å². The van der Waals surface area contributed by atoms with Crippen LogP contribution in [0.1, 0.15) is 150 Å². The normalized spacial score (nSPS) is 13.0. The Hall–Kier alpha value is -1.06. The van der Waals surface area contributed by atoms with Gasteiger partial charge in [0.2, 0.25) is 0 Å². The lowest BCUT2D eigenvalue weighted by Crippen LogP contribution is -2.20. The lowest BCUT2D eigenvalue weighted by atomic mass is 9.92. The van der Waals surface area contributed by atoms with Crippen LogP contribution in [0.3, 0.4) is 0 Å². The monoisotopic (exact) mass is 468 g/mol. The van der Waals surface area contributed by atoms with E-state index in [4.69, 9.17) is 9.47 Å². The first-order valence-corrected chi connectivity index (χ1v) is 14.4. The van der Waals surface area contributed by atoms with Crippen LogP contribution in [0, 0.1) is 11.8 Å². The summed E-state index contributed by atoms with van der Waals surface area (Å²) in [6.45, 7) is 9.74. The van der Waals surface area contributed by atoms with Crippen LogP contribution in [0.5, 0.6) is 0 Å². The summed E-state index contributed by atoms with van der Waals surface area (Å²) in [4.78, 5) is 24.2. The highest BCUT2D eigenvalue weighted by atomic mass is 16.5. The maximum atomic E-state index is 12.1. The van der Waals surface area contributed by atoms with Crippen molar-refractivity contribution < 1.29 is 19.1 Å². The molecule has 0 aliphatic rings. The predicted molar refractivity (Wildman–Crippen MR) is 139 cm³/mol. The molecule has 0 bridgehead atoms. The standard InChI is InChI=1S/C29H56O4/c1-5-9-11-13-15-17-19-21-28(30)32-24-26(7-3)23-27(8-4)25-33-29(31)22-20-18-16-14-12-10-6-2/h26-27H,5-25H2,1-4H3. The first-order chi connectivity index (χ1) is 16.1. The lowest BCUT2D eigenvalue weighted by Gasteiger charge is -2.21. The molecule has 0 N–H and O–H groups in total. The van der Waals surface area contributed by atoms with Crippen LogP contribution in [-0.2, 0) is 19.1 Å². The molecule has 0 rings (SSSR count). The summed E-state index contributed by atoms with van der Waals surface area (Å²) in [5.41, 5.74) is 0. The second kappa shape index (κ2) is 24.1. The van der Waals surface area contributed by atoms with Crippen molar-refractivity contribution >= 4 is 11.9 Å². The third-order valence-electron chi connectivity index (χ3n) is 6.75. The average Bonchev–Trinajstić information content (AvgIpc) is 2.82. The second-order valence-corrected chi connectivity index (χ2v) is 9.89. The molecule has 0 radical (unpaired) electrons. The maximum absolute atomic E-state index is 12.1. The lowest BCUT2D eigenvalue weighted by molar-refractivity contribution is -0.145. The van der Waals surface area contributed by atoms with Crippen LogP contribution >= 0.6 is 0 Å². The predicted octanol–water partition coefficient (Wildman–Crippen LogP) is 8.80. The van der Waals surface area contributed by atoms with Crippen LogP contribution in [-0.4, -0.2) is 25.2 Å². The van der Waals surface area contributed by atoms with Crippen LogP contribution < -0.4 is 0 Å². The van der Waals surface area contributed by atoms with Gasteiger partial charge in [-0.15, -0.1) is 0 Å². The summed E-state index contributed by atoms with van der Waals surface area (Å²) < 4.78 is 11.1. The van der Waals surface area contributed by atoms with Gasteiger partial charge in [-0.3, -0.25) is 9.59 Å². The van der Waals surface area contributed by atoms with Gasteiger partial charge < -0.3 is 9.47 Å². The van der Waals surface area contributed by atoms with E-state index >= 15 is 0 Å². The van der Waals surface area contributed by atoms with E-state index in [2.05, 4.69) is 27.7 Å². The van der Waals surface area contributed by atoms with Gasteiger partial charge in [-0.2, -0.15) is 0 Å². The molecule has 0 saturated heterocycles. The van der Waals surface area contributed by atoms with Crippen molar-refractivity contribution in [3.05, 3.63) is 0 Å². The Morgan fingerprint density at radius 3 is 1.18 bits per heavy atom. The Labute approximate surface area is 206 Å². The first-order valence-electron chi connectivity index (χ1n) is 14.4. The molecule has 0 aliphatic carbocycles. The van der Waals surface area contributed by atoms with E-state index in [-0.39, 0.29) is 11.9 Å². The van der Waals surface area contributed by atoms with Crippen molar-refractivity contribution in [3.8, 4) is 0 Å². The van der Waals surface area contributed by atoms with Gasteiger partial charge in [0.15, 0.2) is 0 Å². The zero-order valence-corrected chi connectivity index (χ0v) is 22.6. The molecular weight excluding hydrogens is 412 g/mol. The highest BCUT2D eigenvalue weighted by molar-refractivity contribution is 5.69. The highest BCUT2D eigenvalue weighted by Crippen LogP contribution is 2.20. The van der Waals surface area contributed by atoms with Gasteiger partial charge >= 0.3 is 11.9 Å². The number of rotatable bonds is 24. The molecule has 0 aromatic heterocycles. The van der Waals surface area contributed by atoms with E-state index in [0.29, 0.717) is 37.9 Å². The topological polar surface area (TPSA) is 52.6 Å². The van der Waals surface area contributed by atoms with E-state index in [1.54, 1.807) is 0 Å². The SMILES string of the molecule is CCCCCCCCCC(=O)OCC(CC)CC(CC)COC(=O)CCCCCCCCC. The van der Waals surface area contributed by atoms with E-state index < -0.39 is 0 Å². The summed E-state index contributed by atoms with van der Waals surface area (Å²) in [7, 11) is 0. The van der Waals surface area contributed by atoms with Gasteiger partial charge in [-0.25, -0.2) is 0 Å². The molecule has 4 nitrogen and oxygen atoms in total. The molecular formula is C29H56O4. The van der Waals surface area contributed by atoms with Gasteiger partial charge in [0.1, 0.15) is 0 Å². The highest BCUT2D eigenvalue weighted by Gasteiger charge is 2.18. The van der Waals surface area contributed by atoms with E-state index in [9.17, 15) is 9.59 Å². The largest absolute Gasteiger partial charge is 0.465 e. The number of hydrogen-bond donors (Lipinski definition) is 0. The van der Waals surface area contributed by atoms with Crippen molar-refractivity contribution in [2.24, 2.45) is 11.8 Å². The number of carbonyl (C=O) groups excluding carboxylic acids is 2. The average molecular weight is 469 g/mol. The molecule has 2 atom stereocenters. The molecule has 196 valence electrons.